The lowest BCUT2D eigenvalue weighted by Crippen LogP contribution is -2.31. The molecule has 0 unspecified atom stereocenters. The van der Waals surface area contributed by atoms with Gasteiger partial charge in [-0.1, -0.05) is 98.5 Å². The summed E-state index contributed by atoms with van der Waals surface area (Å²) < 4.78 is 5.47. The number of nitrogens with one attached hydrogen (secondary N) is 1. The van der Waals surface area contributed by atoms with E-state index >= 15 is 0 Å². The van der Waals surface area contributed by atoms with E-state index in [-0.39, 0.29) is 24.8 Å². The maximum absolute atomic E-state index is 12.6. The molecule has 2 amide bonds. The highest BCUT2D eigenvalue weighted by Crippen LogP contribution is 2.31. The average Bonchev–Trinajstić information content (AvgIpc) is 3.09. The van der Waals surface area contributed by atoms with Crippen LogP contribution in [0.1, 0.15) is 37.3 Å². The van der Waals surface area contributed by atoms with Crippen molar-refractivity contribution in [1.29, 1.82) is 0 Å². The van der Waals surface area contributed by atoms with Crippen molar-refractivity contribution in [3.8, 4) is 0 Å². The van der Waals surface area contributed by atoms with E-state index in [4.69, 9.17) is 17.0 Å². The number of hydrogen-bond donors (Lipinski definition) is 1. The van der Waals surface area contributed by atoms with Gasteiger partial charge in [-0.3, -0.25) is 19.3 Å². The Morgan fingerprint density at radius 1 is 1.12 bits per heavy atom. The first-order chi connectivity index (χ1) is 16.3. The number of benzene rings is 2. The first-order valence-corrected chi connectivity index (χ1v) is 12.1. The number of esters is 1. The summed E-state index contributed by atoms with van der Waals surface area (Å²) in [7, 11) is 0. The molecular formula is C26H26N2O4S2. The van der Waals surface area contributed by atoms with E-state index in [1.807, 2.05) is 74.5 Å². The molecule has 0 aromatic heterocycles. The van der Waals surface area contributed by atoms with Crippen molar-refractivity contribution in [1.82, 2.24) is 4.90 Å². The molecule has 0 atom stereocenters. The summed E-state index contributed by atoms with van der Waals surface area (Å²) in [5.74, 6) is -0.996. The van der Waals surface area contributed by atoms with Crippen LogP contribution in [0.4, 0.5) is 5.69 Å². The second-order valence-electron chi connectivity index (χ2n) is 7.83. The van der Waals surface area contributed by atoms with Crippen LogP contribution in [0, 0.1) is 0 Å². The lowest BCUT2D eigenvalue weighted by Gasteiger charge is -2.15. The summed E-state index contributed by atoms with van der Waals surface area (Å²) >= 11 is 6.48. The van der Waals surface area contributed by atoms with Gasteiger partial charge in [0.05, 0.1) is 11.3 Å². The molecule has 176 valence electrons. The SMILES string of the molecule is CC(C)c1ccccc1NC(=O)COC(=O)CCN1C(=O)/C(=C\C=C\c2ccccc2)SC1=S. The number of nitrogens with zero attached hydrogens (tertiary/aromatic N) is 1. The number of thiocarbonyl (C=S) groups is 1. The molecule has 0 saturated carbocycles. The van der Waals surface area contributed by atoms with E-state index in [0.717, 1.165) is 11.1 Å². The van der Waals surface area contributed by atoms with Gasteiger partial charge in [0.1, 0.15) is 4.32 Å². The Bertz CT molecular complexity index is 1130. The largest absolute Gasteiger partial charge is 0.456 e. The predicted octanol–water partition coefficient (Wildman–Crippen LogP) is 5.14. The topological polar surface area (TPSA) is 75.7 Å². The second kappa shape index (κ2) is 12.3. The van der Waals surface area contributed by atoms with Crippen LogP contribution in [0.15, 0.2) is 71.7 Å². The maximum atomic E-state index is 12.6. The van der Waals surface area contributed by atoms with Crippen molar-refractivity contribution in [2.75, 3.05) is 18.5 Å². The molecule has 1 aliphatic rings. The van der Waals surface area contributed by atoms with Crippen molar-refractivity contribution in [2.45, 2.75) is 26.2 Å². The number of allylic oxidation sites excluding steroid dienone is 2. The van der Waals surface area contributed by atoms with Crippen molar-refractivity contribution in [2.24, 2.45) is 0 Å². The molecule has 0 radical (unpaired) electrons. The highest BCUT2D eigenvalue weighted by atomic mass is 32.2. The third-order valence-electron chi connectivity index (χ3n) is 4.97. The Balaban J connectivity index is 1.46. The fraction of sp³-hybridized carbons (Fsp3) is 0.231. The smallest absolute Gasteiger partial charge is 0.308 e. The summed E-state index contributed by atoms with van der Waals surface area (Å²) in [6.45, 7) is 3.77. The van der Waals surface area contributed by atoms with Gasteiger partial charge in [-0.2, -0.15) is 0 Å². The van der Waals surface area contributed by atoms with Crippen LogP contribution in [0.5, 0.6) is 0 Å². The van der Waals surface area contributed by atoms with Crippen molar-refractivity contribution >= 4 is 57.8 Å². The Labute approximate surface area is 209 Å². The Morgan fingerprint density at radius 3 is 2.56 bits per heavy atom. The zero-order valence-electron chi connectivity index (χ0n) is 19.0. The van der Waals surface area contributed by atoms with Crippen molar-refractivity contribution < 1.29 is 19.1 Å². The summed E-state index contributed by atoms with van der Waals surface area (Å²) in [6.07, 6.45) is 5.35. The van der Waals surface area contributed by atoms with Gasteiger partial charge in [0, 0.05) is 12.2 Å². The van der Waals surface area contributed by atoms with Gasteiger partial charge in [-0.05, 0) is 29.2 Å². The van der Waals surface area contributed by atoms with E-state index in [9.17, 15) is 14.4 Å². The molecule has 1 N–H and O–H groups in total. The molecule has 34 heavy (non-hydrogen) atoms. The molecule has 0 aliphatic carbocycles. The van der Waals surface area contributed by atoms with Gasteiger partial charge in [0.2, 0.25) is 0 Å². The molecule has 8 heteroatoms. The van der Waals surface area contributed by atoms with E-state index in [1.165, 1.54) is 16.7 Å². The summed E-state index contributed by atoms with van der Waals surface area (Å²) in [4.78, 5) is 38.8. The standard InChI is InChI=1S/C26H26N2O4S2/c1-18(2)20-12-6-7-13-21(20)27-23(29)17-32-24(30)15-16-28-25(31)22(34-26(28)33)14-8-11-19-9-4-3-5-10-19/h3-14,18H,15-17H2,1-2H3,(H,27,29)/b11-8+,22-14+. The van der Waals surface area contributed by atoms with Gasteiger partial charge in [0.15, 0.2) is 6.61 Å². The number of hydrogen-bond acceptors (Lipinski definition) is 6. The maximum Gasteiger partial charge on any atom is 0.308 e. The number of carbonyl (C=O) groups excluding carboxylic acids is 3. The number of rotatable bonds is 9. The van der Waals surface area contributed by atoms with Crippen LogP contribution >= 0.6 is 24.0 Å². The minimum atomic E-state index is -0.575. The first-order valence-electron chi connectivity index (χ1n) is 10.9. The highest BCUT2D eigenvalue weighted by molar-refractivity contribution is 8.26. The van der Waals surface area contributed by atoms with Crippen LogP contribution in [-0.4, -0.2) is 40.2 Å². The molecule has 1 saturated heterocycles. The van der Waals surface area contributed by atoms with Crippen molar-refractivity contribution in [3.05, 3.63) is 82.8 Å². The number of para-hydroxylation sites is 1. The molecule has 2 aromatic rings. The van der Waals surface area contributed by atoms with E-state index < -0.39 is 18.5 Å². The van der Waals surface area contributed by atoms with Gasteiger partial charge < -0.3 is 10.1 Å². The molecular weight excluding hydrogens is 468 g/mol. The molecule has 3 rings (SSSR count). The second-order valence-corrected chi connectivity index (χ2v) is 9.50. The van der Waals surface area contributed by atoms with E-state index in [1.54, 1.807) is 12.2 Å². The molecule has 6 nitrogen and oxygen atoms in total. The van der Waals surface area contributed by atoms with Crippen LogP contribution in [0.25, 0.3) is 6.08 Å². The molecule has 1 heterocycles. The summed E-state index contributed by atoms with van der Waals surface area (Å²) in [5.41, 5.74) is 2.72. The minimum absolute atomic E-state index is 0.0601. The number of carbonyl (C=O) groups is 3. The predicted molar refractivity (Wildman–Crippen MR) is 140 cm³/mol. The van der Waals surface area contributed by atoms with Crippen LogP contribution < -0.4 is 5.32 Å². The van der Waals surface area contributed by atoms with Gasteiger partial charge >= 0.3 is 5.97 Å². The Morgan fingerprint density at radius 2 is 1.82 bits per heavy atom. The number of ether oxygens (including phenoxy) is 1. The molecule has 2 aromatic carbocycles. The normalized spacial score (nSPS) is 14.9. The number of anilines is 1. The monoisotopic (exact) mass is 494 g/mol. The molecule has 0 spiro atoms. The Kier molecular flexibility index (Phi) is 9.18. The average molecular weight is 495 g/mol. The van der Waals surface area contributed by atoms with Crippen LogP contribution in [-0.2, 0) is 19.1 Å². The quantitative estimate of drug-likeness (QED) is 0.296. The minimum Gasteiger partial charge on any atom is -0.456 e. The summed E-state index contributed by atoms with van der Waals surface area (Å²) in [5, 5.41) is 2.78. The zero-order chi connectivity index (χ0) is 24.5. The molecule has 1 fully saturated rings. The lowest BCUT2D eigenvalue weighted by molar-refractivity contribution is -0.147. The van der Waals surface area contributed by atoms with Gasteiger partial charge in [0.25, 0.3) is 11.8 Å². The fourth-order valence-corrected chi connectivity index (χ4v) is 4.50. The summed E-state index contributed by atoms with van der Waals surface area (Å²) in [6, 6.07) is 17.2. The lowest BCUT2D eigenvalue weighted by atomic mass is 10.0. The first kappa shape index (κ1) is 25.4. The van der Waals surface area contributed by atoms with Gasteiger partial charge in [-0.15, -0.1) is 0 Å². The number of thioether (sulfide) groups is 1. The molecule has 0 bridgehead atoms. The van der Waals surface area contributed by atoms with Crippen LogP contribution in [0.3, 0.4) is 0 Å². The third kappa shape index (κ3) is 7.13. The van der Waals surface area contributed by atoms with E-state index in [0.29, 0.717) is 14.9 Å². The molecule has 1 aliphatic heterocycles. The Hall–Kier alpha value is -3.23. The third-order valence-corrected chi connectivity index (χ3v) is 6.37. The van der Waals surface area contributed by atoms with E-state index in [2.05, 4.69) is 5.32 Å². The van der Waals surface area contributed by atoms with Gasteiger partial charge in [-0.25, -0.2) is 0 Å². The van der Waals surface area contributed by atoms with Crippen LogP contribution in [0.2, 0.25) is 0 Å². The van der Waals surface area contributed by atoms with Crippen molar-refractivity contribution in [3.63, 3.8) is 0 Å². The highest BCUT2D eigenvalue weighted by Gasteiger charge is 2.31. The fourth-order valence-electron chi connectivity index (χ4n) is 3.24. The zero-order valence-corrected chi connectivity index (χ0v) is 20.7. The number of amides is 2.